The van der Waals surface area contributed by atoms with E-state index in [0.29, 0.717) is 6.42 Å². The minimum atomic E-state index is -1.04. The van der Waals surface area contributed by atoms with Crippen molar-refractivity contribution in [3.05, 3.63) is 35.4 Å². The van der Waals surface area contributed by atoms with Crippen LogP contribution in [-0.4, -0.2) is 21.9 Å². The van der Waals surface area contributed by atoms with Gasteiger partial charge < -0.3 is 10.2 Å². The number of aliphatic hydroxyl groups excluding tert-OH is 1. The van der Waals surface area contributed by atoms with Crippen LogP contribution in [0.5, 0.6) is 0 Å². The molecule has 1 unspecified atom stereocenters. The van der Waals surface area contributed by atoms with E-state index in [0.717, 1.165) is 12.0 Å². The fourth-order valence-electron chi connectivity index (χ4n) is 1.38. The van der Waals surface area contributed by atoms with Crippen LogP contribution in [0, 0.1) is 0 Å². The molecule has 15 heavy (non-hydrogen) atoms. The van der Waals surface area contributed by atoms with E-state index < -0.39 is 11.7 Å². The van der Waals surface area contributed by atoms with E-state index in [1.54, 1.807) is 13.8 Å². The van der Waals surface area contributed by atoms with E-state index >= 15 is 0 Å². The van der Waals surface area contributed by atoms with Crippen molar-refractivity contribution in [2.24, 2.45) is 0 Å². The molecular weight excluding hydrogens is 188 g/mol. The lowest BCUT2D eigenvalue weighted by Gasteiger charge is -2.24. The normalized spacial score (nSPS) is 13.9. The molecule has 0 aliphatic rings. The number of hydrogen-bond donors (Lipinski definition) is 2. The lowest BCUT2D eigenvalue weighted by molar-refractivity contribution is -0.0469. The largest absolute Gasteiger partial charge is 0.390 e. The van der Waals surface area contributed by atoms with Gasteiger partial charge in [-0.3, -0.25) is 0 Å². The second-order valence-corrected chi connectivity index (χ2v) is 4.54. The van der Waals surface area contributed by atoms with Crippen LogP contribution in [-0.2, 0) is 12.8 Å². The quantitative estimate of drug-likeness (QED) is 0.793. The Hall–Kier alpha value is -0.860. The highest BCUT2D eigenvalue weighted by Gasteiger charge is 2.24. The SMILES string of the molecule is CCc1ccc(CC(O)C(C)(C)O)cc1. The van der Waals surface area contributed by atoms with Crippen LogP contribution in [0.1, 0.15) is 31.9 Å². The Morgan fingerprint density at radius 1 is 1.13 bits per heavy atom. The Morgan fingerprint density at radius 3 is 2.00 bits per heavy atom. The highest BCUT2D eigenvalue weighted by Crippen LogP contribution is 2.14. The predicted octanol–water partition coefficient (Wildman–Crippen LogP) is 1.92. The van der Waals surface area contributed by atoms with Gasteiger partial charge in [0.05, 0.1) is 11.7 Å². The molecule has 1 rings (SSSR count). The van der Waals surface area contributed by atoms with Crippen molar-refractivity contribution in [3.63, 3.8) is 0 Å². The second kappa shape index (κ2) is 4.77. The van der Waals surface area contributed by atoms with Gasteiger partial charge in [0.15, 0.2) is 0 Å². The molecule has 2 nitrogen and oxygen atoms in total. The second-order valence-electron chi connectivity index (χ2n) is 4.54. The Morgan fingerprint density at radius 2 is 1.60 bits per heavy atom. The average molecular weight is 208 g/mol. The van der Waals surface area contributed by atoms with Crippen LogP contribution in [0.15, 0.2) is 24.3 Å². The van der Waals surface area contributed by atoms with Gasteiger partial charge in [0.1, 0.15) is 0 Å². The Labute approximate surface area is 91.6 Å². The van der Waals surface area contributed by atoms with Crippen LogP contribution in [0.25, 0.3) is 0 Å². The van der Waals surface area contributed by atoms with Gasteiger partial charge in [-0.05, 0) is 31.4 Å². The van der Waals surface area contributed by atoms with Gasteiger partial charge >= 0.3 is 0 Å². The molecule has 0 amide bonds. The molecule has 0 saturated carbocycles. The number of aliphatic hydroxyl groups is 2. The van der Waals surface area contributed by atoms with Gasteiger partial charge in [0, 0.05) is 6.42 Å². The summed E-state index contributed by atoms with van der Waals surface area (Å²) < 4.78 is 0. The van der Waals surface area contributed by atoms with E-state index in [2.05, 4.69) is 19.1 Å². The standard InChI is InChI=1S/C13H20O2/c1-4-10-5-7-11(8-6-10)9-12(14)13(2,3)15/h5-8,12,14-15H,4,9H2,1-3H3. The summed E-state index contributed by atoms with van der Waals surface area (Å²) in [6.45, 7) is 5.36. The van der Waals surface area contributed by atoms with Crippen molar-refractivity contribution in [1.82, 2.24) is 0 Å². The summed E-state index contributed by atoms with van der Waals surface area (Å²) >= 11 is 0. The molecule has 0 radical (unpaired) electrons. The topological polar surface area (TPSA) is 40.5 Å². The zero-order chi connectivity index (χ0) is 11.5. The van der Waals surface area contributed by atoms with E-state index in [-0.39, 0.29) is 0 Å². The minimum absolute atomic E-state index is 0.494. The molecule has 2 N–H and O–H groups in total. The smallest absolute Gasteiger partial charge is 0.0861 e. The number of aryl methyl sites for hydroxylation is 1. The Bertz CT molecular complexity index is 295. The van der Waals surface area contributed by atoms with Crippen LogP contribution >= 0.6 is 0 Å². The van der Waals surface area contributed by atoms with Gasteiger partial charge in [0.2, 0.25) is 0 Å². The van der Waals surface area contributed by atoms with Crippen molar-refractivity contribution in [2.75, 3.05) is 0 Å². The van der Waals surface area contributed by atoms with Crippen LogP contribution in [0.4, 0.5) is 0 Å². The first kappa shape index (κ1) is 12.2. The molecule has 0 fully saturated rings. The Balaban J connectivity index is 2.65. The first-order valence-electron chi connectivity index (χ1n) is 5.41. The molecule has 84 valence electrons. The highest BCUT2D eigenvalue weighted by molar-refractivity contribution is 5.23. The lowest BCUT2D eigenvalue weighted by atomic mass is 9.95. The average Bonchev–Trinajstić information content (AvgIpc) is 2.17. The maximum absolute atomic E-state index is 9.72. The lowest BCUT2D eigenvalue weighted by Crippen LogP contribution is -2.37. The van der Waals surface area contributed by atoms with Crippen molar-refractivity contribution in [3.8, 4) is 0 Å². The molecule has 0 heterocycles. The maximum Gasteiger partial charge on any atom is 0.0861 e. The van der Waals surface area contributed by atoms with E-state index in [9.17, 15) is 10.2 Å². The van der Waals surface area contributed by atoms with Gasteiger partial charge in [-0.25, -0.2) is 0 Å². The van der Waals surface area contributed by atoms with Gasteiger partial charge in [-0.15, -0.1) is 0 Å². The van der Waals surface area contributed by atoms with Crippen molar-refractivity contribution in [1.29, 1.82) is 0 Å². The van der Waals surface area contributed by atoms with Gasteiger partial charge in [-0.1, -0.05) is 31.2 Å². The summed E-state index contributed by atoms with van der Waals surface area (Å²) in [5.41, 5.74) is 1.31. The molecule has 0 bridgehead atoms. The first-order valence-corrected chi connectivity index (χ1v) is 5.41. The number of hydrogen-bond acceptors (Lipinski definition) is 2. The summed E-state index contributed by atoms with van der Waals surface area (Å²) in [5, 5.41) is 19.3. The van der Waals surface area contributed by atoms with Crippen molar-refractivity contribution >= 4 is 0 Å². The monoisotopic (exact) mass is 208 g/mol. The predicted molar refractivity (Wildman–Crippen MR) is 61.8 cm³/mol. The van der Waals surface area contributed by atoms with Crippen LogP contribution < -0.4 is 0 Å². The highest BCUT2D eigenvalue weighted by atomic mass is 16.3. The molecular formula is C13H20O2. The third kappa shape index (κ3) is 3.65. The summed E-state index contributed by atoms with van der Waals surface area (Å²) in [4.78, 5) is 0. The molecule has 0 aliphatic heterocycles. The third-order valence-corrected chi connectivity index (χ3v) is 2.68. The molecule has 1 aromatic rings. The number of rotatable bonds is 4. The summed E-state index contributed by atoms with van der Waals surface area (Å²) in [6.07, 6.45) is 0.798. The molecule has 2 heteroatoms. The maximum atomic E-state index is 9.72. The van der Waals surface area contributed by atoms with Gasteiger partial charge in [0.25, 0.3) is 0 Å². The molecule has 0 aliphatic carbocycles. The van der Waals surface area contributed by atoms with Crippen LogP contribution in [0.3, 0.4) is 0 Å². The molecule has 1 atom stereocenters. The molecule has 0 aromatic heterocycles. The zero-order valence-corrected chi connectivity index (χ0v) is 9.70. The van der Waals surface area contributed by atoms with Gasteiger partial charge in [-0.2, -0.15) is 0 Å². The fourth-order valence-corrected chi connectivity index (χ4v) is 1.38. The molecule has 1 aromatic carbocycles. The third-order valence-electron chi connectivity index (χ3n) is 2.68. The Kier molecular flexibility index (Phi) is 3.89. The van der Waals surface area contributed by atoms with E-state index in [4.69, 9.17) is 0 Å². The summed E-state index contributed by atoms with van der Waals surface area (Å²) in [7, 11) is 0. The van der Waals surface area contributed by atoms with Crippen molar-refractivity contribution < 1.29 is 10.2 Å². The van der Waals surface area contributed by atoms with E-state index in [1.807, 2.05) is 12.1 Å². The fraction of sp³-hybridized carbons (Fsp3) is 0.538. The van der Waals surface area contributed by atoms with Crippen LogP contribution in [0.2, 0.25) is 0 Å². The van der Waals surface area contributed by atoms with Crippen molar-refractivity contribution in [2.45, 2.75) is 45.3 Å². The van der Waals surface area contributed by atoms with E-state index in [1.165, 1.54) is 5.56 Å². The first-order chi connectivity index (χ1) is 6.93. The summed E-state index contributed by atoms with van der Waals surface area (Å²) in [5.74, 6) is 0. The molecule has 0 spiro atoms. The summed E-state index contributed by atoms with van der Waals surface area (Å²) in [6, 6.07) is 8.14. The minimum Gasteiger partial charge on any atom is -0.390 e. The number of benzene rings is 1. The zero-order valence-electron chi connectivity index (χ0n) is 9.70. The molecule has 0 saturated heterocycles.